The molecule has 0 amide bonds. The maximum Gasteiger partial charge on any atom is 0.323 e. The Morgan fingerprint density at radius 1 is 1.59 bits per heavy atom. The third kappa shape index (κ3) is 5.65. The Balaban J connectivity index is 4.69. The van der Waals surface area contributed by atoms with E-state index in [1.165, 1.54) is 0 Å². The van der Waals surface area contributed by atoms with Gasteiger partial charge in [-0.25, -0.2) is 0 Å². The second-order valence-electron chi connectivity index (χ2n) is 3.97. The number of allylic oxidation sites excluding steroid dienone is 2. The van der Waals surface area contributed by atoms with E-state index in [0.717, 1.165) is 6.42 Å². The van der Waals surface area contributed by atoms with E-state index in [-0.39, 0.29) is 12.0 Å². The van der Waals surface area contributed by atoms with E-state index in [0.29, 0.717) is 6.61 Å². The highest BCUT2D eigenvalue weighted by Gasteiger charge is 2.31. The Morgan fingerprint density at radius 2 is 2.24 bits per heavy atom. The number of aliphatic carboxylic acids is 1. The highest BCUT2D eigenvalue weighted by Crippen LogP contribution is 2.17. The van der Waals surface area contributed by atoms with Crippen molar-refractivity contribution in [3.63, 3.8) is 0 Å². The first-order valence-electron chi connectivity index (χ1n) is 5.82. The molecule has 0 radical (unpaired) electrons. The number of rotatable bonds is 9. The van der Waals surface area contributed by atoms with Crippen LogP contribution in [0.15, 0.2) is 24.8 Å². The van der Waals surface area contributed by atoms with Gasteiger partial charge in [0.25, 0.3) is 0 Å². The molecule has 0 saturated heterocycles. The van der Waals surface area contributed by atoms with Crippen molar-refractivity contribution < 1.29 is 14.6 Å². The molecule has 0 bridgehead atoms. The van der Waals surface area contributed by atoms with Crippen LogP contribution in [0.25, 0.3) is 0 Å². The Morgan fingerprint density at radius 3 is 2.65 bits per heavy atom. The van der Waals surface area contributed by atoms with Crippen molar-refractivity contribution in [2.45, 2.75) is 32.4 Å². The molecule has 0 aromatic heterocycles. The minimum atomic E-state index is -0.895. The maximum absolute atomic E-state index is 11.1. The predicted molar refractivity (Wildman–Crippen MR) is 69.0 cm³/mol. The maximum atomic E-state index is 11.1. The average Bonchev–Trinajstić information content (AvgIpc) is 2.30. The smallest absolute Gasteiger partial charge is 0.323 e. The van der Waals surface area contributed by atoms with Gasteiger partial charge >= 0.3 is 5.97 Å². The zero-order chi connectivity index (χ0) is 13.3. The summed E-state index contributed by atoms with van der Waals surface area (Å²) < 4.78 is 5.57. The van der Waals surface area contributed by atoms with E-state index in [4.69, 9.17) is 9.84 Å². The van der Waals surface area contributed by atoms with Gasteiger partial charge in [0, 0.05) is 0 Å². The number of carboxylic acids is 1. The molecule has 0 aliphatic heterocycles. The summed E-state index contributed by atoms with van der Waals surface area (Å²) in [6.45, 7) is 7.87. The van der Waals surface area contributed by atoms with Crippen LogP contribution in [0.1, 0.15) is 20.3 Å². The van der Waals surface area contributed by atoms with Gasteiger partial charge in [-0.05, 0) is 26.3 Å². The lowest BCUT2D eigenvalue weighted by atomic mass is 9.94. The third-order valence-electron chi connectivity index (χ3n) is 2.62. The minimum Gasteiger partial charge on any atom is -0.480 e. The quantitative estimate of drug-likeness (QED) is 0.605. The van der Waals surface area contributed by atoms with Crippen LogP contribution < -0.4 is 5.32 Å². The molecule has 3 atom stereocenters. The number of nitrogens with one attached hydrogen (secondary N) is 1. The van der Waals surface area contributed by atoms with Gasteiger partial charge in [-0.15, -0.1) is 6.58 Å². The molecule has 0 aliphatic carbocycles. The molecule has 0 rings (SSSR count). The lowest BCUT2D eigenvalue weighted by Crippen LogP contribution is -2.48. The number of carboxylic acid groups (broad SMARTS) is 1. The van der Waals surface area contributed by atoms with Crippen LogP contribution in [0.5, 0.6) is 0 Å². The van der Waals surface area contributed by atoms with Crippen LogP contribution in [0, 0.1) is 5.92 Å². The van der Waals surface area contributed by atoms with Crippen molar-refractivity contribution in [3.05, 3.63) is 24.8 Å². The van der Waals surface area contributed by atoms with Gasteiger partial charge in [0.1, 0.15) is 6.04 Å². The fourth-order valence-electron chi connectivity index (χ4n) is 1.68. The van der Waals surface area contributed by atoms with Crippen molar-refractivity contribution in [1.82, 2.24) is 5.32 Å². The molecule has 0 aromatic carbocycles. The van der Waals surface area contributed by atoms with Crippen LogP contribution >= 0.6 is 0 Å². The van der Waals surface area contributed by atoms with Crippen LogP contribution in [0.2, 0.25) is 0 Å². The topological polar surface area (TPSA) is 58.6 Å². The van der Waals surface area contributed by atoms with Crippen molar-refractivity contribution in [2.75, 3.05) is 13.7 Å². The average molecular weight is 241 g/mol. The summed E-state index contributed by atoms with van der Waals surface area (Å²) >= 11 is 0. The van der Waals surface area contributed by atoms with Gasteiger partial charge in [0.05, 0.1) is 12.7 Å². The summed E-state index contributed by atoms with van der Waals surface area (Å²) in [4.78, 5) is 11.1. The van der Waals surface area contributed by atoms with Crippen molar-refractivity contribution >= 4 is 5.97 Å². The monoisotopic (exact) mass is 241 g/mol. The van der Waals surface area contributed by atoms with Gasteiger partial charge in [-0.3, -0.25) is 4.79 Å². The molecule has 0 spiro atoms. The Hall–Kier alpha value is -1.13. The van der Waals surface area contributed by atoms with Gasteiger partial charge in [0.2, 0.25) is 0 Å². The molecule has 0 aliphatic rings. The number of hydrogen-bond acceptors (Lipinski definition) is 3. The highest BCUT2D eigenvalue weighted by atomic mass is 16.5. The molecular weight excluding hydrogens is 218 g/mol. The van der Waals surface area contributed by atoms with E-state index < -0.39 is 12.0 Å². The molecule has 0 aromatic rings. The highest BCUT2D eigenvalue weighted by molar-refractivity contribution is 5.74. The second-order valence-corrected chi connectivity index (χ2v) is 3.97. The van der Waals surface area contributed by atoms with Crippen LogP contribution in [0.4, 0.5) is 0 Å². The minimum absolute atomic E-state index is 0.125. The van der Waals surface area contributed by atoms with Gasteiger partial charge < -0.3 is 15.2 Å². The first-order chi connectivity index (χ1) is 8.08. The van der Waals surface area contributed by atoms with Crippen LogP contribution in [-0.4, -0.2) is 36.9 Å². The van der Waals surface area contributed by atoms with E-state index in [9.17, 15) is 4.79 Å². The van der Waals surface area contributed by atoms with Crippen LogP contribution in [-0.2, 0) is 9.53 Å². The molecule has 0 heterocycles. The van der Waals surface area contributed by atoms with Gasteiger partial charge in [-0.1, -0.05) is 25.2 Å². The predicted octanol–water partition coefficient (Wildman–Crippen LogP) is 1.83. The molecule has 98 valence electrons. The second kappa shape index (κ2) is 8.96. The first kappa shape index (κ1) is 15.9. The van der Waals surface area contributed by atoms with Crippen LogP contribution in [0.3, 0.4) is 0 Å². The molecular formula is C13H23NO3. The summed E-state index contributed by atoms with van der Waals surface area (Å²) in [5.41, 5.74) is 0. The largest absolute Gasteiger partial charge is 0.480 e. The number of carbonyl (C=O) groups is 1. The first-order valence-corrected chi connectivity index (χ1v) is 5.82. The molecule has 17 heavy (non-hydrogen) atoms. The van der Waals surface area contributed by atoms with Gasteiger partial charge in [0.15, 0.2) is 0 Å². The zero-order valence-electron chi connectivity index (χ0n) is 10.8. The Bertz CT molecular complexity index is 263. The summed E-state index contributed by atoms with van der Waals surface area (Å²) in [6, 6.07) is -0.699. The van der Waals surface area contributed by atoms with E-state index in [1.54, 1.807) is 13.1 Å². The third-order valence-corrected chi connectivity index (χ3v) is 2.62. The van der Waals surface area contributed by atoms with E-state index in [1.807, 2.05) is 26.0 Å². The Kier molecular flexibility index (Phi) is 8.36. The lowest BCUT2D eigenvalue weighted by Gasteiger charge is -2.28. The summed E-state index contributed by atoms with van der Waals surface area (Å²) in [7, 11) is 1.63. The standard InChI is InChI=1S/C13H23NO3/c1-5-7-8-10(3)12(17-9-6-2)11(14-4)13(15)16/h5-7,10-12,14H,2,8-9H2,1,3-4H3,(H,15,16)/b7-5+/t10-,11+,12-/m1/s1. The lowest BCUT2D eigenvalue weighted by molar-refractivity contribution is -0.144. The van der Waals surface area contributed by atoms with E-state index in [2.05, 4.69) is 11.9 Å². The van der Waals surface area contributed by atoms with Gasteiger partial charge in [-0.2, -0.15) is 0 Å². The molecule has 4 nitrogen and oxygen atoms in total. The van der Waals surface area contributed by atoms with Crippen molar-refractivity contribution in [1.29, 1.82) is 0 Å². The summed E-state index contributed by atoms with van der Waals surface area (Å²) in [5, 5.41) is 11.9. The number of hydrogen-bond donors (Lipinski definition) is 2. The fraction of sp³-hybridized carbons (Fsp3) is 0.615. The molecule has 0 saturated carbocycles. The molecule has 4 heteroatoms. The molecule has 0 unspecified atom stereocenters. The van der Waals surface area contributed by atoms with E-state index >= 15 is 0 Å². The fourth-order valence-corrected chi connectivity index (χ4v) is 1.68. The number of likely N-dealkylation sites (N-methyl/N-ethyl adjacent to an activating group) is 1. The Labute approximate surface area is 103 Å². The molecule has 2 N–H and O–H groups in total. The number of ether oxygens (including phenoxy) is 1. The van der Waals surface area contributed by atoms with Crippen molar-refractivity contribution in [3.8, 4) is 0 Å². The summed E-state index contributed by atoms with van der Waals surface area (Å²) in [5.74, 6) is -0.770. The zero-order valence-corrected chi connectivity index (χ0v) is 10.8. The molecule has 0 fully saturated rings. The normalized spacial score (nSPS) is 16.6. The van der Waals surface area contributed by atoms with Crippen molar-refractivity contribution in [2.24, 2.45) is 5.92 Å². The summed E-state index contributed by atoms with van der Waals surface area (Å²) in [6.07, 6.45) is 6.03. The SMILES string of the molecule is C=CCO[C@H]([C@H](C)C/C=C/C)[C@H](NC)C(=O)O.